The van der Waals surface area contributed by atoms with Crippen LogP contribution < -0.4 is 11.0 Å². The molecule has 0 radical (unpaired) electrons. The highest BCUT2D eigenvalue weighted by Crippen LogP contribution is 2.23. The first-order chi connectivity index (χ1) is 13.7. The third kappa shape index (κ3) is 4.07. The number of aromatic nitrogens is 2. The quantitative estimate of drug-likeness (QED) is 0.398. The summed E-state index contributed by atoms with van der Waals surface area (Å²) in [6, 6.07) is 7.66. The van der Waals surface area contributed by atoms with Gasteiger partial charge in [-0.15, -0.1) is 0 Å². The van der Waals surface area contributed by atoms with Gasteiger partial charge in [0.1, 0.15) is 5.82 Å². The number of hydroxylamine groups is 1. The van der Waals surface area contributed by atoms with Crippen molar-refractivity contribution in [2.75, 3.05) is 0 Å². The fraction of sp³-hybridized carbons (Fsp3) is 0.190. The van der Waals surface area contributed by atoms with Crippen molar-refractivity contribution in [1.82, 2.24) is 15.0 Å². The molecular formula is C21H19F2N3O3. The summed E-state index contributed by atoms with van der Waals surface area (Å²) in [6.07, 6.45) is 0.467. The van der Waals surface area contributed by atoms with Crippen LogP contribution in [0.2, 0.25) is 0 Å². The molecule has 0 saturated heterocycles. The van der Waals surface area contributed by atoms with Gasteiger partial charge in [-0.3, -0.25) is 19.4 Å². The molecule has 0 fully saturated rings. The van der Waals surface area contributed by atoms with Crippen molar-refractivity contribution < 1.29 is 18.8 Å². The molecule has 2 N–H and O–H groups in total. The zero-order valence-electron chi connectivity index (χ0n) is 16.0. The second-order valence-electron chi connectivity index (χ2n) is 6.77. The van der Waals surface area contributed by atoms with Gasteiger partial charge in [0.25, 0.3) is 11.5 Å². The second kappa shape index (κ2) is 7.92. The first-order valence-electron chi connectivity index (χ1n) is 8.82. The third-order valence-electron chi connectivity index (χ3n) is 4.36. The van der Waals surface area contributed by atoms with Crippen LogP contribution in [-0.2, 0) is 4.79 Å². The van der Waals surface area contributed by atoms with E-state index in [1.54, 1.807) is 12.1 Å². The van der Waals surface area contributed by atoms with Crippen LogP contribution in [-0.4, -0.2) is 20.7 Å². The number of hydrogen-bond acceptors (Lipinski definition) is 4. The minimum atomic E-state index is -1.57. The molecule has 3 aromatic rings. The summed E-state index contributed by atoms with van der Waals surface area (Å²) in [5.41, 5.74) is 3.05. The van der Waals surface area contributed by atoms with Crippen molar-refractivity contribution in [3.05, 3.63) is 75.1 Å². The topological polar surface area (TPSA) is 84.2 Å². The van der Waals surface area contributed by atoms with Gasteiger partial charge < -0.3 is 0 Å². The molecule has 150 valence electrons. The number of fused-ring (bicyclic) bond motifs is 1. The lowest BCUT2D eigenvalue weighted by molar-refractivity contribution is -0.124. The van der Waals surface area contributed by atoms with E-state index in [1.165, 1.54) is 23.0 Å². The molecule has 1 unspecified atom stereocenters. The van der Waals surface area contributed by atoms with Crippen LogP contribution in [0.15, 0.2) is 41.2 Å². The number of hydrogen-bond donors (Lipinski definition) is 2. The van der Waals surface area contributed by atoms with Gasteiger partial charge in [-0.1, -0.05) is 6.07 Å². The van der Waals surface area contributed by atoms with Crippen molar-refractivity contribution in [2.45, 2.75) is 26.9 Å². The zero-order chi connectivity index (χ0) is 21.3. The number of carbonyl (C=O) groups is 1. The minimum Gasteiger partial charge on any atom is -0.288 e. The van der Waals surface area contributed by atoms with Crippen LogP contribution in [0.25, 0.3) is 22.7 Å². The molecule has 0 aliphatic heterocycles. The Hall–Kier alpha value is -3.39. The number of alkyl halides is 1. The highest BCUT2D eigenvalue weighted by molar-refractivity contribution is 5.91. The number of nitrogens with zero attached hydrogens (tertiary/aromatic N) is 2. The lowest BCUT2D eigenvalue weighted by atomic mass is 10.1. The maximum Gasteiger partial charge on any atom is 0.267 e. The molecule has 0 saturated carbocycles. The summed E-state index contributed by atoms with van der Waals surface area (Å²) in [4.78, 5) is 28.6. The fourth-order valence-corrected chi connectivity index (χ4v) is 3.17. The van der Waals surface area contributed by atoms with Crippen LogP contribution in [0.3, 0.4) is 0 Å². The smallest absolute Gasteiger partial charge is 0.267 e. The van der Waals surface area contributed by atoms with E-state index in [1.807, 2.05) is 19.9 Å². The number of halogens is 2. The molecule has 0 aliphatic carbocycles. The molecular weight excluding hydrogens is 380 g/mol. The number of aryl methyl sites for hydroxylation is 2. The molecule has 1 amide bonds. The van der Waals surface area contributed by atoms with E-state index < -0.39 is 23.5 Å². The monoisotopic (exact) mass is 399 g/mol. The molecule has 3 rings (SSSR count). The first kappa shape index (κ1) is 20.3. The summed E-state index contributed by atoms with van der Waals surface area (Å²) in [7, 11) is 0. The Morgan fingerprint density at radius 3 is 2.45 bits per heavy atom. The highest BCUT2D eigenvalue weighted by atomic mass is 19.1. The molecule has 6 nitrogen and oxygen atoms in total. The summed E-state index contributed by atoms with van der Waals surface area (Å²) >= 11 is 0. The van der Waals surface area contributed by atoms with Gasteiger partial charge in [0.05, 0.1) is 16.6 Å². The Morgan fingerprint density at radius 2 is 1.86 bits per heavy atom. The maximum atomic E-state index is 14.4. The SMILES string of the molecule is Cc1cc(C)cc(-n2c(C(C)F)nc3cc(F)c(/C=C/C(=O)NO)cc3c2=O)c1. The fourth-order valence-electron chi connectivity index (χ4n) is 3.17. The van der Waals surface area contributed by atoms with Crippen molar-refractivity contribution in [1.29, 1.82) is 0 Å². The van der Waals surface area contributed by atoms with E-state index in [-0.39, 0.29) is 22.3 Å². The van der Waals surface area contributed by atoms with Gasteiger partial charge in [0.2, 0.25) is 0 Å². The number of amides is 1. The summed E-state index contributed by atoms with van der Waals surface area (Å²) in [6.45, 7) is 4.98. The largest absolute Gasteiger partial charge is 0.288 e. The summed E-state index contributed by atoms with van der Waals surface area (Å²) < 4.78 is 29.9. The van der Waals surface area contributed by atoms with Crippen molar-refractivity contribution >= 4 is 22.9 Å². The summed E-state index contributed by atoms with van der Waals surface area (Å²) in [5, 5.41) is 8.61. The summed E-state index contributed by atoms with van der Waals surface area (Å²) in [5.74, 6) is -1.72. The van der Waals surface area contributed by atoms with Crippen molar-refractivity contribution in [3.63, 3.8) is 0 Å². The lowest BCUT2D eigenvalue weighted by Crippen LogP contribution is -2.25. The van der Waals surface area contributed by atoms with E-state index in [4.69, 9.17) is 5.21 Å². The molecule has 2 aromatic carbocycles. The lowest BCUT2D eigenvalue weighted by Gasteiger charge is -2.16. The van der Waals surface area contributed by atoms with Crippen LogP contribution >= 0.6 is 0 Å². The predicted octanol–water partition coefficient (Wildman–Crippen LogP) is 3.69. The Kier molecular flexibility index (Phi) is 5.56. The van der Waals surface area contributed by atoms with E-state index >= 15 is 0 Å². The van der Waals surface area contributed by atoms with Gasteiger partial charge in [-0.2, -0.15) is 0 Å². The molecule has 1 aromatic heterocycles. The molecule has 1 heterocycles. The minimum absolute atomic E-state index is 0.0105. The highest BCUT2D eigenvalue weighted by Gasteiger charge is 2.19. The van der Waals surface area contributed by atoms with Crippen molar-refractivity contribution in [3.8, 4) is 5.69 Å². The molecule has 8 heteroatoms. The number of rotatable bonds is 4. The predicted molar refractivity (Wildman–Crippen MR) is 105 cm³/mol. The van der Waals surface area contributed by atoms with Gasteiger partial charge in [-0.25, -0.2) is 19.2 Å². The average Bonchev–Trinajstić information content (AvgIpc) is 2.65. The van der Waals surface area contributed by atoms with Crippen LogP contribution in [0.1, 0.15) is 35.6 Å². The number of carbonyl (C=O) groups excluding carboxylic acids is 1. The van der Waals surface area contributed by atoms with Gasteiger partial charge in [-0.05, 0) is 56.2 Å². The Bertz CT molecular complexity index is 1180. The normalized spacial score (nSPS) is 12.5. The van der Waals surface area contributed by atoms with E-state index in [0.29, 0.717) is 5.69 Å². The Morgan fingerprint density at radius 1 is 1.21 bits per heavy atom. The van der Waals surface area contributed by atoms with E-state index in [9.17, 15) is 18.4 Å². The second-order valence-corrected chi connectivity index (χ2v) is 6.77. The van der Waals surface area contributed by atoms with Crippen LogP contribution in [0.5, 0.6) is 0 Å². The number of nitrogens with one attached hydrogen (secondary N) is 1. The maximum absolute atomic E-state index is 14.4. The third-order valence-corrected chi connectivity index (χ3v) is 4.36. The standard InChI is InChI=1S/C21H19F2N3O3/c1-11-6-12(2)8-15(7-11)26-20(13(3)22)24-18-10-17(23)14(4-5-19(27)25-29)9-16(18)21(26)28/h4-10,13,29H,1-3H3,(H,25,27)/b5-4+. The van der Waals surface area contributed by atoms with Gasteiger partial charge >= 0.3 is 0 Å². The Balaban J connectivity index is 2.33. The molecule has 0 spiro atoms. The molecule has 0 bridgehead atoms. The van der Waals surface area contributed by atoms with Crippen LogP contribution in [0, 0.1) is 19.7 Å². The van der Waals surface area contributed by atoms with Crippen molar-refractivity contribution in [2.24, 2.45) is 0 Å². The zero-order valence-corrected chi connectivity index (χ0v) is 16.0. The number of benzene rings is 2. The Labute approximate surface area is 165 Å². The average molecular weight is 399 g/mol. The molecule has 1 atom stereocenters. The van der Waals surface area contributed by atoms with Gasteiger partial charge in [0.15, 0.2) is 12.0 Å². The molecule has 29 heavy (non-hydrogen) atoms. The van der Waals surface area contributed by atoms with Crippen LogP contribution in [0.4, 0.5) is 8.78 Å². The van der Waals surface area contributed by atoms with E-state index in [2.05, 4.69) is 4.98 Å². The first-order valence-corrected chi connectivity index (χ1v) is 8.82. The molecule has 0 aliphatic rings. The van der Waals surface area contributed by atoms with Gasteiger partial charge in [0, 0.05) is 17.7 Å². The van der Waals surface area contributed by atoms with E-state index in [0.717, 1.165) is 29.3 Å².